The second-order valence-electron chi connectivity index (χ2n) is 4.77. The molecule has 0 spiro atoms. The van der Waals surface area contributed by atoms with E-state index >= 15 is 0 Å². The molecule has 0 unspecified atom stereocenters. The number of fused-ring (bicyclic) bond motifs is 1. The van der Waals surface area contributed by atoms with E-state index in [2.05, 4.69) is 50.3 Å². The van der Waals surface area contributed by atoms with Gasteiger partial charge in [-0.25, -0.2) is 0 Å². The molecule has 0 atom stereocenters. The number of aryl methyl sites for hydroxylation is 1. The molecule has 0 N–H and O–H groups in total. The highest BCUT2D eigenvalue weighted by molar-refractivity contribution is 6.08. The standard InChI is InChI=1S/C12H13B.C3H9N/c13-8-7-10-5-6-11-3-1-2-4-12(11)9-10;1-4(2)3/h1-6,9H,7-8,13H2;1-3H3. The number of nitrogens with zero attached hydrogens (tertiary/aromatic N) is 1. The highest BCUT2D eigenvalue weighted by Gasteiger charge is 1.93. The van der Waals surface area contributed by atoms with Gasteiger partial charge in [-0.2, -0.15) is 0 Å². The molecular formula is C15H22BN. The van der Waals surface area contributed by atoms with Crippen LogP contribution in [-0.2, 0) is 6.42 Å². The van der Waals surface area contributed by atoms with Crippen molar-refractivity contribution >= 4 is 18.6 Å². The zero-order chi connectivity index (χ0) is 12.7. The van der Waals surface area contributed by atoms with E-state index in [1.54, 1.807) is 0 Å². The maximum absolute atomic E-state index is 2.29. The van der Waals surface area contributed by atoms with Crippen molar-refractivity contribution in [3.8, 4) is 0 Å². The molecule has 0 bridgehead atoms. The second kappa shape index (κ2) is 7.13. The SMILES string of the molecule is BCCc1ccc2ccccc2c1.CN(C)C. The van der Waals surface area contributed by atoms with Gasteiger partial charge in [0.1, 0.15) is 7.85 Å². The fourth-order valence-electron chi connectivity index (χ4n) is 1.68. The van der Waals surface area contributed by atoms with Gasteiger partial charge in [0, 0.05) is 0 Å². The fourth-order valence-corrected chi connectivity index (χ4v) is 1.68. The predicted molar refractivity (Wildman–Crippen MR) is 80.6 cm³/mol. The van der Waals surface area contributed by atoms with Gasteiger partial charge in [0.25, 0.3) is 0 Å². The Bertz CT molecular complexity index is 449. The van der Waals surface area contributed by atoms with Crippen molar-refractivity contribution < 1.29 is 0 Å². The molecule has 0 amide bonds. The summed E-state index contributed by atoms with van der Waals surface area (Å²) < 4.78 is 0. The Kier molecular flexibility index (Phi) is 5.78. The van der Waals surface area contributed by atoms with E-state index in [1.807, 2.05) is 26.0 Å². The first kappa shape index (κ1) is 13.8. The van der Waals surface area contributed by atoms with Crippen molar-refractivity contribution in [1.29, 1.82) is 0 Å². The number of hydrogen-bond acceptors (Lipinski definition) is 1. The summed E-state index contributed by atoms with van der Waals surface area (Å²) in [4.78, 5) is 2.00. The molecule has 2 rings (SSSR count). The monoisotopic (exact) mass is 227 g/mol. The lowest BCUT2D eigenvalue weighted by atomic mass is 9.96. The van der Waals surface area contributed by atoms with Crippen molar-refractivity contribution in [3.05, 3.63) is 48.0 Å². The molecule has 17 heavy (non-hydrogen) atoms. The normalized spacial score (nSPS) is 10.1. The smallest absolute Gasteiger partial charge is 0.101 e. The maximum Gasteiger partial charge on any atom is 0.101 e. The van der Waals surface area contributed by atoms with E-state index in [-0.39, 0.29) is 0 Å². The Balaban J connectivity index is 0.000000317. The Morgan fingerprint density at radius 3 is 2.12 bits per heavy atom. The van der Waals surface area contributed by atoms with Crippen LogP contribution in [0.25, 0.3) is 10.8 Å². The van der Waals surface area contributed by atoms with Gasteiger partial charge >= 0.3 is 0 Å². The van der Waals surface area contributed by atoms with E-state index in [0.717, 1.165) is 0 Å². The Labute approximate surface area is 106 Å². The number of rotatable bonds is 2. The molecule has 0 aliphatic rings. The van der Waals surface area contributed by atoms with Crippen LogP contribution in [-0.4, -0.2) is 33.9 Å². The van der Waals surface area contributed by atoms with Gasteiger partial charge in [-0.15, -0.1) is 0 Å². The average Bonchev–Trinajstić information content (AvgIpc) is 2.29. The van der Waals surface area contributed by atoms with E-state index in [9.17, 15) is 0 Å². The Morgan fingerprint density at radius 2 is 1.53 bits per heavy atom. The largest absolute Gasteiger partial charge is 0.312 e. The average molecular weight is 227 g/mol. The molecule has 2 aromatic carbocycles. The molecule has 1 nitrogen and oxygen atoms in total. The molecule has 0 radical (unpaired) electrons. The van der Waals surface area contributed by atoms with Gasteiger partial charge in [-0.3, -0.25) is 0 Å². The highest BCUT2D eigenvalue weighted by Crippen LogP contribution is 2.16. The summed E-state index contributed by atoms with van der Waals surface area (Å²) in [7, 11) is 8.22. The van der Waals surface area contributed by atoms with Crippen molar-refractivity contribution in [2.45, 2.75) is 12.7 Å². The Hall–Kier alpha value is -1.28. The van der Waals surface area contributed by atoms with Crippen molar-refractivity contribution in [3.63, 3.8) is 0 Å². The Morgan fingerprint density at radius 1 is 0.941 bits per heavy atom. The lowest BCUT2D eigenvalue weighted by Crippen LogP contribution is -1.99. The maximum atomic E-state index is 2.29. The third-order valence-electron chi connectivity index (χ3n) is 2.35. The topological polar surface area (TPSA) is 3.24 Å². The first-order valence-corrected chi connectivity index (χ1v) is 6.22. The van der Waals surface area contributed by atoms with Gasteiger partial charge in [0.05, 0.1) is 0 Å². The third-order valence-corrected chi connectivity index (χ3v) is 2.35. The number of benzene rings is 2. The molecule has 90 valence electrons. The van der Waals surface area contributed by atoms with Crippen LogP contribution in [0, 0.1) is 0 Å². The number of hydrogen-bond donors (Lipinski definition) is 0. The third kappa shape index (κ3) is 5.05. The van der Waals surface area contributed by atoms with Crippen LogP contribution in [0.1, 0.15) is 5.56 Å². The lowest BCUT2D eigenvalue weighted by molar-refractivity contribution is 0.505. The van der Waals surface area contributed by atoms with Crippen molar-refractivity contribution in [2.75, 3.05) is 21.1 Å². The molecule has 0 aromatic heterocycles. The molecule has 0 heterocycles. The summed E-state index contributed by atoms with van der Waals surface area (Å²) in [6.45, 7) is 0. The molecule has 0 fully saturated rings. The minimum Gasteiger partial charge on any atom is -0.312 e. The molecule has 0 saturated heterocycles. The summed E-state index contributed by atoms with van der Waals surface area (Å²) in [6.07, 6.45) is 2.41. The second-order valence-corrected chi connectivity index (χ2v) is 4.77. The predicted octanol–water partition coefficient (Wildman–Crippen LogP) is 2.61. The van der Waals surface area contributed by atoms with Crippen LogP contribution in [0.2, 0.25) is 6.32 Å². The van der Waals surface area contributed by atoms with Gasteiger partial charge in [-0.1, -0.05) is 48.8 Å². The minimum absolute atomic E-state index is 1.19. The lowest BCUT2D eigenvalue weighted by Gasteiger charge is -2.01. The zero-order valence-corrected chi connectivity index (χ0v) is 11.4. The molecule has 2 heteroatoms. The highest BCUT2D eigenvalue weighted by atomic mass is 15.0. The van der Waals surface area contributed by atoms with Crippen LogP contribution in [0.4, 0.5) is 0 Å². The fraction of sp³-hybridized carbons (Fsp3) is 0.333. The van der Waals surface area contributed by atoms with Crippen LogP contribution in [0.5, 0.6) is 0 Å². The van der Waals surface area contributed by atoms with E-state index in [0.29, 0.717) is 0 Å². The quantitative estimate of drug-likeness (QED) is 0.713. The van der Waals surface area contributed by atoms with Crippen LogP contribution < -0.4 is 0 Å². The molecular weight excluding hydrogens is 205 g/mol. The molecule has 2 aromatic rings. The summed E-state index contributed by atoms with van der Waals surface area (Å²) in [5.41, 5.74) is 1.45. The van der Waals surface area contributed by atoms with E-state index < -0.39 is 0 Å². The minimum atomic E-state index is 1.19. The van der Waals surface area contributed by atoms with Crippen LogP contribution in [0.3, 0.4) is 0 Å². The van der Waals surface area contributed by atoms with E-state index in [1.165, 1.54) is 29.1 Å². The van der Waals surface area contributed by atoms with Gasteiger partial charge in [-0.05, 0) is 43.9 Å². The summed E-state index contributed by atoms with van der Waals surface area (Å²) in [5.74, 6) is 0. The van der Waals surface area contributed by atoms with Crippen molar-refractivity contribution in [2.24, 2.45) is 0 Å². The summed E-state index contributed by atoms with van der Waals surface area (Å²) >= 11 is 0. The van der Waals surface area contributed by atoms with E-state index in [4.69, 9.17) is 0 Å². The van der Waals surface area contributed by atoms with Crippen LogP contribution >= 0.6 is 0 Å². The summed E-state index contributed by atoms with van der Waals surface area (Å²) in [6, 6.07) is 15.2. The van der Waals surface area contributed by atoms with Gasteiger partial charge in [0.2, 0.25) is 0 Å². The van der Waals surface area contributed by atoms with Crippen LogP contribution in [0.15, 0.2) is 42.5 Å². The summed E-state index contributed by atoms with van der Waals surface area (Å²) in [5, 5.41) is 2.69. The molecule has 0 saturated carbocycles. The first-order chi connectivity index (χ1) is 8.13. The van der Waals surface area contributed by atoms with Gasteiger partial charge < -0.3 is 4.90 Å². The molecule has 0 aliphatic heterocycles. The first-order valence-electron chi connectivity index (χ1n) is 6.22. The zero-order valence-electron chi connectivity index (χ0n) is 11.4. The molecule has 0 aliphatic carbocycles. The van der Waals surface area contributed by atoms with Crippen molar-refractivity contribution in [1.82, 2.24) is 4.90 Å². The van der Waals surface area contributed by atoms with Gasteiger partial charge in [0.15, 0.2) is 0 Å².